The molecule has 35 heavy (non-hydrogen) atoms. The minimum Gasteiger partial charge on any atom is -0.496 e. The largest absolute Gasteiger partial charge is 0.496 e. The fourth-order valence-electron chi connectivity index (χ4n) is 5.01. The zero-order chi connectivity index (χ0) is 24.7. The Bertz CT molecular complexity index is 1390. The predicted octanol–water partition coefficient (Wildman–Crippen LogP) is 5.58. The molecule has 0 saturated carbocycles. The van der Waals surface area contributed by atoms with E-state index in [0.29, 0.717) is 46.5 Å². The standard InChI is InChI=1S/C28H29N3O3S/c1-16-9-11-17(12-10-16)15-35-27-30-25-24(26(33)31-27)22(18-7-5-6-8-21(18)34-4)23-19(29-25)13-28(2,3)14-20(23)32/h5-12,22H,13-15H2,1-4H3,(H2,29,30,31,33). The Morgan fingerprint density at radius 3 is 2.57 bits per heavy atom. The number of fused-ring (bicyclic) bond motifs is 1. The molecule has 0 fully saturated rings. The highest BCUT2D eigenvalue weighted by Gasteiger charge is 2.43. The van der Waals surface area contributed by atoms with Gasteiger partial charge < -0.3 is 15.0 Å². The molecule has 3 aromatic rings. The summed E-state index contributed by atoms with van der Waals surface area (Å²) in [5.74, 6) is 1.38. The molecule has 180 valence electrons. The molecular weight excluding hydrogens is 458 g/mol. The van der Waals surface area contributed by atoms with E-state index in [1.165, 1.54) is 17.3 Å². The SMILES string of the molecule is COc1ccccc1C1C2=C(CC(C)(C)CC2=O)Nc2nc(SCc3ccc(C)cc3)[nH]c(=O)c21. The molecule has 0 saturated heterocycles. The second-order valence-corrected chi connectivity index (χ2v) is 11.0. The third kappa shape index (κ3) is 4.52. The van der Waals surface area contributed by atoms with Crippen LogP contribution < -0.4 is 15.6 Å². The van der Waals surface area contributed by atoms with E-state index in [9.17, 15) is 9.59 Å². The summed E-state index contributed by atoms with van der Waals surface area (Å²) in [6, 6.07) is 15.9. The predicted molar refractivity (Wildman–Crippen MR) is 139 cm³/mol. The van der Waals surface area contributed by atoms with Gasteiger partial charge in [-0.3, -0.25) is 9.59 Å². The monoisotopic (exact) mass is 487 g/mol. The Hall–Kier alpha value is -3.32. The summed E-state index contributed by atoms with van der Waals surface area (Å²) in [7, 11) is 1.61. The molecule has 2 aliphatic rings. The number of para-hydroxylation sites is 1. The molecule has 0 spiro atoms. The number of rotatable bonds is 5. The van der Waals surface area contributed by atoms with Crippen molar-refractivity contribution in [2.75, 3.05) is 12.4 Å². The highest BCUT2D eigenvalue weighted by Crippen LogP contribution is 2.49. The van der Waals surface area contributed by atoms with Crippen LogP contribution in [0.1, 0.15) is 54.9 Å². The summed E-state index contributed by atoms with van der Waals surface area (Å²) in [5, 5.41) is 3.93. The normalized spacial score (nSPS) is 18.5. The number of aryl methyl sites for hydroxylation is 1. The molecule has 6 nitrogen and oxygen atoms in total. The number of nitrogens with one attached hydrogen (secondary N) is 2. The lowest BCUT2D eigenvalue weighted by Gasteiger charge is -2.38. The van der Waals surface area contributed by atoms with Crippen molar-refractivity contribution in [2.24, 2.45) is 5.41 Å². The molecule has 1 unspecified atom stereocenters. The van der Waals surface area contributed by atoms with E-state index in [-0.39, 0.29) is 16.8 Å². The van der Waals surface area contributed by atoms with Crippen molar-refractivity contribution in [1.82, 2.24) is 9.97 Å². The number of thioether (sulfide) groups is 1. The lowest BCUT2D eigenvalue weighted by Crippen LogP contribution is -2.37. The number of hydrogen-bond acceptors (Lipinski definition) is 6. The van der Waals surface area contributed by atoms with Gasteiger partial charge in [-0.2, -0.15) is 0 Å². The Balaban J connectivity index is 1.60. The third-order valence-corrected chi connectivity index (χ3v) is 7.59. The molecule has 0 bridgehead atoms. The number of carbonyl (C=O) groups excluding carboxylic acids is 1. The number of allylic oxidation sites excluding steroid dienone is 2. The number of H-pyrrole nitrogens is 1. The van der Waals surface area contributed by atoms with Crippen LogP contribution in [0.15, 0.2) is 69.8 Å². The van der Waals surface area contributed by atoms with Gasteiger partial charge in [0, 0.05) is 29.0 Å². The number of hydrogen-bond donors (Lipinski definition) is 2. The zero-order valence-electron chi connectivity index (χ0n) is 20.4. The number of ketones is 1. The minimum absolute atomic E-state index is 0.0579. The molecule has 1 aliphatic heterocycles. The molecule has 2 N–H and O–H groups in total. The van der Waals surface area contributed by atoms with Gasteiger partial charge in [-0.25, -0.2) is 4.98 Å². The Labute approximate surface area is 209 Å². The summed E-state index contributed by atoms with van der Waals surface area (Å²) in [6.07, 6.45) is 1.14. The quantitative estimate of drug-likeness (QED) is 0.361. The van der Waals surface area contributed by atoms with Gasteiger partial charge in [0.15, 0.2) is 10.9 Å². The second-order valence-electron chi connectivity index (χ2n) is 10.0. The van der Waals surface area contributed by atoms with Gasteiger partial charge in [0.2, 0.25) is 0 Å². The number of aromatic nitrogens is 2. The Morgan fingerprint density at radius 1 is 1.09 bits per heavy atom. The third-order valence-electron chi connectivity index (χ3n) is 6.65. The topological polar surface area (TPSA) is 84.1 Å². The van der Waals surface area contributed by atoms with E-state index >= 15 is 0 Å². The minimum atomic E-state index is -0.534. The van der Waals surface area contributed by atoms with Gasteiger partial charge in [-0.1, -0.05) is 73.6 Å². The molecule has 0 amide bonds. The fourth-order valence-corrected chi connectivity index (χ4v) is 5.83. The van der Waals surface area contributed by atoms with E-state index in [1.54, 1.807) is 7.11 Å². The molecule has 1 aliphatic carbocycles. The highest BCUT2D eigenvalue weighted by atomic mass is 32.2. The van der Waals surface area contributed by atoms with Crippen LogP contribution in [-0.4, -0.2) is 22.9 Å². The van der Waals surface area contributed by atoms with Crippen LogP contribution in [0, 0.1) is 12.3 Å². The van der Waals surface area contributed by atoms with Crippen LogP contribution in [0.5, 0.6) is 5.75 Å². The molecular formula is C28H29N3O3S. The first-order valence-corrected chi connectivity index (χ1v) is 12.7. The van der Waals surface area contributed by atoms with Crippen molar-refractivity contribution < 1.29 is 9.53 Å². The number of anilines is 1. The molecule has 7 heteroatoms. The first kappa shape index (κ1) is 23.4. The van der Waals surface area contributed by atoms with Gasteiger partial charge in [0.25, 0.3) is 5.56 Å². The second kappa shape index (κ2) is 9.04. The zero-order valence-corrected chi connectivity index (χ0v) is 21.2. The number of aromatic amines is 1. The number of ether oxygens (including phenoxy) is 1. The number of nitrogens with zero attached hydrogens (tertiary/aromatic N) is 1. The average Bonchev–Trinajstić information content (AvgIpc) is 2.81. The van der Waals surface area contributed by atoms with Gasteiger partial charge in [0.1, 0.15) is 11.6 Å². The fraction of sp³-hybridized carbons (Fsp3) is 0.321. The maximum absolute atomic E-state index is 13.5. The molecule has 5 rings (SSSR count). The van der Waals surface area contributed by atoms with Crippen LogP contribution >= 0.6 is 11.8 Å². The summed E-state index contributed by atoms with van der Waals surface area (Å²) >= 11 is 1.49. The van der Waals surface area contributed by atoms with E-state index in [4.69, 9.17) is 9.72 Å². The summed E-state index contributed by atoms with van der Waals surface area (Å²) < 4.78 is 5.64. The van der Waals surface area contributed by atoms with Crippen LogP contribution in [0.4, 0.5) is 5.82 Å². The van der Waals surface area contributed by atoms with E-state index < -0.39 is 5.92 Å². The number of benzene rings is 2. The number of methoxy groups -OCH3 is 1. The van der Waals surface area contributed by atoms with Gasteiger partial charge in [-0.15, -0.1) is 0 Å². The van der Waals surface area contributed by atoms with Crippen LogP contribution in [-0.2, 0) is 10.5 Å². The molecule has 2 heterocycles. The Kier molecular flexibility index (Phi) is 6.05. The lowest BCUT2D eigenvalue weighted by molar-refractivity contribution is -0.118. The van der Waals surface area contributed by atoms with Gasteiger partial charge in [-0.05, 0) is 30.4 Å². The number of Topliss-reactive ketones (excluding diaryl/α,β-unsaturated/α-hetero) is 1. The highest BCUT2D eigenvalue weighted by molar-refractivity contribution is 7.98. The van der Waals surface area contributed by atoms with Crippen LogP contribution in [0.25, 0.3) is 0 Å². The summed E-state index contributed by atoms with van der Waals surface area (Å²) in [4.78, 5) is 34.7. The summed E-state index contributed by atoms with van der Waals surface area (Å²) in [6.45, 7) is 6.25. The van der Waals surface area contributed by atoms with E-state index in [1.807, 2.05) is 24.3 Å². The first-order chi connectivity index (χ1) is 16.8. The molecule has 0 radical (unpaired) electrons. The number of carbonyl (C=O) groups is 1. The maximum Gasteiger partial charge on any atom is 0.257 e. The Morgan fingerprint density at radius 2 is 1.83 bits per heavy atom. The van der Waals surface area contributed by atoms with Gasteiger partial charge >= 0.3 is 0 Å². The lowest BCUT2D eigenvalue weighted by atomic mass is 9.69. The van der Waals surface area contributed by atoms with Crippen molar-refractivity contribution in [1.29, 1.82) is 0 Å². The van der Waals surface area contributed by atoms with E-state index in [0.717, 1.165) is 16.8 Å². The van der Waals surface area contributed by atoms with Crippen molar-refractivity contribution in [3.63, 3.8) is 0 Å². The smallest absolute Gasteiger partial charge is 0.257 e. The van der Waals surface area contributed by atoms with Crippen molar-refractivity contribution in [3.05, 3.63) is 92.4 Å². The molecule has 1 aromatic heterocycles. The maximum atomic E-state index is 13.5. The van der Waals surface area contributed by atoms with Crippen molar-refractivity contribution >= 4 is 23.4 Å². The molecule has 1 atom stereocenters. The van der Waals surface area contributed by atoms with Crippen molar-refractivity contribution in [3.8, 4) is 5.75 Å². The average molecular weight is 488 g/mol. The van der Waals surface area contributed by atoms with Crippen molar-refractivity contribution in [2.45, 2.75) is 50.4 Å². The van der Waals surface area contributed by atoms with Crippen LogP contribution in [0.2, 0.25) is 0 Å². The molecule has 2 aromatic carbocycles. The van der Waals surface area contributed by atoms with Gasteiger partial charge in [0.05, 0.1) is 18.6 Å². The van der Waals surface area contributed by atoms with E-state index in [2.05, 4.69) is 55.3 Å². The van der Waals surface area contributed by atoms with Crippen LogP contribution in [0.3, 0.4) is 0 Å². The first-order valence-electron chi connectivity index (χ1n) is 11.7. The summed E-state index contributed by atoms with van der Waals surface area (Å²) in [5.41, 5.74) is 4.71.